The number of hydrogen-bond donors (Lipinski definition) is 1. The van der Waals surface area contributed by atoms with Gasteiger partial charge in [-0.05, 0) is 60.7 Å². The van der Waals surface area contributed by atoms with Gasteiger partial charge in [0, 0.05) is 47.6 Å². The lowest BCUT2D eigenvalue weighted by Crippen LogP contribution is -2.49. The predicted octanol–water partition coefficient (Wildman–Crippen LogP) is 4.41. The molecule has 3 aromatic carbocycles. The fraction of sp³-hybridized carbons (Fsp3) is 0.241. The maximum absolute atomic E-state index is 13.1. The van der Waals surface area contributed by atoms with Gasteiger partial charge in [0.25, 0.3) is 5.91 Å². The number of carbonyl (C=O) groups excluding carboxylic acids is 2. The Bertz CT molecular complexity index is 1440. The number of aromatic nitrogens is 3. The molecule has 9 nitrogen and oxygen atoms in total. The molecule has 206 valence electrons. The molecule has 11 heteroatoms. The summed E-state index contributed by atoms with van der Waals surface area (Å²) in [6.07, 6.45) is 0. The van der Waals surface area contributed by atoms with Gasteiger partial charge in [-0.1, -0.05) is 45.9 Å². The number of methoxy groups -OCH3 is 1. The maximum Gasteiger partial charge on any atom is 0.251 e. The lowest BCUT2D eigenvalue weighted by molar-refractivity contribution is -0.128. The second kappa shape index (κ2) is 13.0. The summed E-state index contributed by atoms with van der Waals surface area (Å²) < 4.78 is 7.99. The van der Waals surface area contributed by atoms with E-state index >= 15 is 0 Å². The highest BCUT2D eigenvalue weighted by molar-refractivity contribution is 9.10. The van der Waals surface area contributed by atoms with Gasteiger partial charge in [-0.2, -0.15) is 0 Å². The first-order valence-electron chi connectivity index (χ1n) is 12.8. The molecule has 1 fully saturated rings. The zero-order valence-corrected chi connectivity index (χ0v) is 24.4. The highest BCUT2D eigenvalue weighted by Crippen LogP contribution is 2.25. The van der Waals surface area contributed by atoms with Crippen LogP contribution < -0.4 is 15.0 Å². The molecule has 0 bridgehead atoms. The number of amides is 2. The highest BCUT2D eigenvalue weighted by atomic mass is 79.9. The average Bonchev–Trinajstić information content (AvgIpc) is 3.42. The van der Waals surface area contributed by atoms with Gasteiger partial charge >= 0.3 is 0 Å². The van der Waals surface area contributed by atoms with Crippen LogP contribution in [0.3, 0.4) is 0 Å². The van der Waals surface area contributed by atoms with E-state index in [2.05, 4.69) is 48.5 Å². The van der Waals surface area contributed by atoms with E-state index in [1.54, 1.807) is 31.4 Å². The number of nitrogens with zero attached hydrogens (tertiary/aromatic N) is 5. The normalized spacial score (nSPS) is 13.2. The maximum atomic E-state index is 13.1. The summed E-state index contributed by atoms with van der Waals surface area (Å²) in [5.74, 6) is 1.33. The van der Waals surface area contributed by atoms with Crippen molar-refractivity contribution in [1.82, 2.24) is 25.0 Å². The number of nitrogens with one attached hydrogen (secondary N) is 1. The standard InChI is InChI=1S/C29H29BrN6O3S/c1-39-25-13-7-21(8-14-25)28(38)31-19-26-32-33-29(36(26)24-11-9-22(30)10-12-24)40-20-27(37)35-17-15-34(16-18-35)23-5-3-2-4-6-23/h2-14H,15-20H2,1H3,(H,31,38). The summed E-state index contributed by atoms with van der Waals surface area (Å²) in [6.45, 7) is 3.12. The Labute approximate surface area is 245 Å². The van der Waals surface area contributed by atoms with E-state index in [9.17, 15) is 9.59 Å². The number of benzene rings is 3. The molecule has 1 aliphatic heterocycles. The molecule has 5 rings (SSSR count). The lowest BCUT2D eigenvalue weighted by Gasteiger charge is -2.36. The number of thioether (sulfide) groups is 1. The van der Waals surface area contributed by atoms with Crippen LogP contribution in [0, 0.1) is 0 Å². The fourth-order valence-corrected chi connectivity index (χ4v) is 5.57. The number of para-hydroxylation sites is 1. The van der Waals surface area contributed by atoms with Crippen LogP contribution >= 0.6 is 27.7 Å². The van der Waals surface area contributed by atoms with Crippen molar-refractivity contribution in [2.24, 2.45) is 0 Å². The Hall–Kier alpha value is -3.83. The summed E-state index contributed by atoms with van der Waals surface area (Å²) in [5, 5.41) is 12.2. The average molecular weight is 622 g/mol. The number of rotatable bonds is 9. The number of halogens is 1. The molecule has 4 aromatic rings. The Kier molecular flexibility index (Phi) is 9.02. The minimum absolute atomic E-state index is 0.0671. The van der Waals surface area contributed by atoms with Crippen LogP contribution in [0.25, 0.3) is 5.69 Å². The van der Waals surface area contributed by atoms with Crippen molar-refractivity contribution in [2.45, 2.75) is 11.7 Å². The molecule has 0 saturated carbocycles. The van der Waals surface area contributed by atoms with Crippen LogP contribution in [0.5, 0.6) is 5.75 Å². The SMILES string of the molecule is COc1ccc(C(=O)NCc2nnc(SCC(=O)N3CCN(c4ccccc4)CC3)n2-c2ccc(Br)cc2)cc1. The van der Waals surface area contributed by atoms with Gasteiger partial charge in [-0.3, -0.25) is 14.2 Å². The molecule has 2 heterocycles. The third-order valence-electron chi connectivity index (χ3n) is 6.62. The molecule has 1 aromatic heterocycles. The van der Waals surface area contributed by atoms with Crippen molar-refractivity contribution < 1.29 is 14.3 Å². The topological polar surface area (TPSA) is 92.6 Å². The summed E-state index contributed by atoms with van der Waals surface area (Å²) in [4.78, 5) is 30.0. The van der Waals surface area contributed by atoms with Gasteiger partial charge < -0.3 is 19.9 Å². The van der Waals surface area contributed by atoms with Crippen LogP contribution in [0.4, 0.5) is 5.69 Å². The second-order valence-corrected chi connectivity index (χ2v) is 11.0. The van der Waals surface area contributed by atoms with E-state index in [1.165, 1.54) is 17.4 Å². The number of carbonyl (C=O) groups is 2. The van der Waals surface area contributed by atoms with E-state index in [-0.39, 0.29) is 24.1 Å². The van der Waals surface area contributed by atoms with Crippen LogP contribution in [0.15, 0.2) is 88.5 Å². The smallest absolute Gasteiger partial charge is 0.251 e. The van der Waals surface area contributed by atoms with Crippen molar-refractivity contribution in [3.05, 3.63) is 94.7 Å². The van der Waals surface area contributed by atoms with E-state index in [4.69, 9.17) is 4.74 Å². The van der Waals surface area contributed by atoms with E-state index in [1.807, 2.05) is 51.9 Å². The molecule has 0 aliphatic carbocycles. The monoisotopic (exact) mass is 620 g/mol. The number of anilines is 1. The first kappa shape index (κ1) is 27.7. The molecule has 1 saturated heterocycles. The van der Waals surface area contributed by atoms with Gasteiger partial charge in [-0.15, -0.1) is 10.2 Å². The largest absolute Gasteiger partial charge is 0.497 e. The lowest BCUT2D eigenvalue weighted by atomic mass is 10.2. The second-order valence-electron chi connectivity index (χ2n) is 9.11. The van der Waals surface area contributed by atoms with Crippen molar-refractivity contribution in [3.63, 3.8) is 0 Å². The van der Waals surface area contributed by atoms with Gasteiger partial charge in [0.15, 0.2) is 11.0 Å². The number of hydrogen-bond acceptors (Lipinski definition) is 7. The van der Waals surface area contributed by atoms with E-state index in [0.29, 0.717) is 35.4 Å². The highest BCUT2D eigenvalue weighted by Gasteiger charge is 2.23. The third kappa shape index (κ3) is 6.65. The molecular formula is C29H29BrN6O3S. The zero-order chi connectivity index (χ0) is 27.9. The van der Waals surface area contributed by atoms with Crippen molar-refractivity contribution >= 4 is 45.2 Å². The first-order valence-corrected chi connectivity index (χ1v) is 14.6. The third-order valence-corrected chi connectivity index (χ3v) is 8.07. The van der Waals surface area contributed by atoms with Crippen molar-refractivity contribution in [1.29, 1.82) is 0 Å². The van der Waals surface area contributed by atoms with E-state index in [0.717, 1.165) is 23.2 Å². The molecule has 2 amide bonds. The first-order chi connectivity index (χ1) is 19.5. The minimum atomic E-state index is -0.230. The van der Waals surface area contributed by atoms with Gasteiger partial charge in [0.2, 0.25) is 5.91 Å². The molecule has 0 radical (unpaired) electrons. The van der Waals surface area contributed by atoms with Crippen LogP contribution in [0.1, 0.15) is 16.2 Å². The summed E-state index contributed by atoms with van der Waals surface area (Å²) in [5.41, 5.74) is 2.54. The minimum Gasteiger partial charge on any atom is -0.497 e. The predicted molar refractivity (Wildman–Crippen MR) is 159 cm³/mol. The molecule has 0 spiro atoms. The fourth-order valence-electron chi connectivity index (χ4n) is 4.43. The van der Waals surface area contributed by atoms with Crippen molar-refractivity contribution in [2.75, 3.05) is 43.9 Å². The molecule has 1 aliphatic rings. The van der Waals surface area contributed by atoms with E-state index < -0.39 is 0 Å². The Morgan fingerprint density at radius 1 is 0.900 bits per heavy atom. The molecule has 0 atom stereocenters. The Morgan fingerprint density at radius 2 is 1.60 bits per heavy atom. The van der Waals surface area contributed by atoms with Gasteiger partial charge in [0.1, 0.15) is 5.75 Å². The van der Waals surface area contributed by atoms with Gasteiger partial charge in [0.05, 0.1) is 19.4 Å². The Morgan fingerprint density at radius 3 is 2.27 bits per heavy atom. The van der Waals surface area contributed by atoms with Crippen LogP contribution in [-0.4, -0.2) is 70.5 Å². The van der Waals surface area contributed by atoms with Crippen LogP contribution in [0.2, 0.25) is 0 Å². The summed E-state index contributed by atoms with van der Waals surface area (Å²) >= 11 is 4.83. The van der Waals surface area contributed by atoms with Crippen LogP contribution in [-0.2, 0) is 11.3 Å². The van der Waals surface area contributed by atoms with Crippen molar-refractivity contribution in [3.8, 4) is 11.4 Å². The zero-order valence-electron chi connectivity index (χ0n) is 22.0. The number of piperazine rings is 1. The molecular weight excluding hydrogens is 592 g/mol. The number of ether oxygens (including phenoxy) is 1. The van der Waals surface area contributed by atoms with Gasteiger partial charge in [-0.25, -0.2) is 0 Å². The summed E-state index contributed by atoms with van der Waals surface area (Å²) in [6, 6.07) is 24.9. The Balaban J connectivity index is 1.24. The quantitative estimate of drug-likeness (QED) is 0.277. The molecule has 40 heavy (non-hydrogen) atoms. The molecule has 0 unspecified atom stereocenters. The summed E-state index contributed by atoms with van der Waals surface area (Å²) in [7, 11) is 1.58. The molecule has 1 N–H and O–H groups in total.